The van der Waals surface area contributed by atoms with Crippen molar-refractivity contribution in [3.8, 4) is 5.75 Å². The van der Waals surface area contributed by atoms with Gasteiger partial charge in [0.25, 0.3) is 0 Å². The number of carbonyl (C=O) groups excluding carboxylic acids is 2. The second-order valence-electron chi connectivity index (χ2n) is 5.77. The van der Waals surface area contributed by atoms with E-state index in [1.54, 1.807) is 19.1 Å². The van der Waals surface area contributed by atoms with Gasteiger partial charge < -0.3 is 14.5 Å². The molecule has 0 spiro atoms. The van der Waals surface area contributed by atoms with E-state index >= 15 is 0 Å². The van der Waals surface area contributed by atoms with Gasteiger partial charge >= 0.3 is 5.97 Å². The lowest BCUT2D eigenvalue weighted by Gasteiger charge is -2.13. The Morgan fingerprint density at radius 3 is 2.48 bits per heavy atom. The minimum Gasteiger partial charge on any atom is -0.482 e. The number of hydrogen-bond acceptors (Lipinski definition) is 4. The van der Waals surface area contributed by atoms with Gasteiger partial charge in [0.15, 0.2) is 12.7 Å². The summed E-state index contributed by atoms with van der Waals surface area (Å²) in [6.07, 6.45) is -0.884. The Morgan fingerprint density at radius 2 is 1.72 bits per heavy atom. The molecule has 1 atom stereocenters. The zero-order valence-corrected chi connectivity index (χ0v) is 14.1. The van der Waals surface area contributed by atoms with Crippen LogP contribution in [0.2, 0.25) is 0 Å². The third kappa shape index (κ3) is 3.71. The molecule has 1 heterocycles. The van der Waals surface area contributed by atoms with Crippen LogP contribution in [0.1, 0.15) is 23.0 Å². The van der Waals surface area contributed by atoms with E-state index in [9.17, 15) is 9.59 Å². The number of benzene rings is 2. The van der Waals surface area contributed by atoms with Gasteiger partial charge in [-0.1, -0.05) is 36.4 Å². The van der Waals surface area contributed by atoms with Gasteiger partial charge in [-0.15, -0.1) is 0 Å². The summed E-state index contributed by atoms with van der Waals surface area (Å²) in [5, 5.41) is 0.827. The van der Waals surface area contributed by atoms with Crippen LogP contribution in [0.4, 0.5) is 0 Å². The molecule has 0 aliphatic rings. The molecule has 128 valence electrons. The van der Waals surface area contributed by atoms with Crippen LogP contribution >= 0.6 is 0 Å². The molecule has 1 N–H and O–H groups in total. The van der Waals surface area contributed by atoms with Crippen LogP contribution in [0.3, 0.4) is 0 Å². The summed E-state index contributed by atoms with van der Waals surface area (Å²) >= 11 is 0. The lowest BCUT2D eigenvalue weighted by Crippen LogP contribution is -2.27. The van der Waals surface area contributed by atoms with E-state index in [0.29, 0.717) is 11.3 Å². The highest BCUT2D eigenvalue weighted by Gasteiger charge is 2.24. The fourth-order valence-corrected chi connectivity index (χ4v) is 2.74. The second-order valence-corrected chi connectivity index (χ2v) is 5.77. The number of ether oxygens (including phenoxy) is 2. The van der Waals surface area contributed by atoms with Crippen LogP contribution in [0, 0.1) is 6.92 Å². The SMILES string of the molecule is Cc1[nH]c2ccccc2c1C(=O)[C@H](C)OC(=O)COc1ccccc1. The number of fused-ring (bicyclic) bond motifs is 1. The molecule has 25 heavy (non-hydrogen) atoms. The van der Waals surface area contributed by atoms with E-state index in [0.717, 1.165) is 16.6 Å². The minimum absolute atomic E-state index is 0.233. The summed E-state index contributed by atoms with van der Waals surface area (Å²) in [6, 6.07) is 16.5. The number of esters is 1. The molecule has 5 nitrogen and oxygen atoms in total. The first-order valence-electron chi connectivity index (χ1n) is 8.05. The highest BCUT2D eigenvalue weighted by molar-refractivity contribution is 6.11. The predicted octanol–water partition coefficient (Wildman–Crippen LogP) is 3.67. The number of aromatic amines is 1. The number of ketones is 1. The molecule has 0 aliphatic carbocycles. The lowest BCUT2D eigenvalue weighted by molar-refractivity contribution is -0.148. The van der Waals surface area contributed by atoms with Gasteiger partial charge in [0, 0.05) is 22.2 Å². The van der Waals surface area contributed by atoms with E-state index in [1.165, 1.54) is 0 Å². The van der Waals surface area contributed by atoms with Crippen molar-refractivity contribution in [3.05, 3.63) is 65.9 Å². The van der Waals surface area contributed by atoms with Gasteiger partial charge in [0.05, 0.1) is 0 Å². The molecule has 3 rings (SSSR count). The van der Waals surface area contributed by atoms with Crippen molar-refractivity contribution >= 4 is 22.7 Å². The van der Waals surface area contributed by atoms with E-state index in [2.05, 4.69) is 4.98 Å². The van der Waals surface area contributed by atoms with Crippen LogP contribution < -0.4 is 4.74 Å². The predicted molar refractivity (Wildman–Crippen MR) is 94.9 cm³/mol. The van der Waals surface area contributed by atoms with Crippen LogP contribution in [0.5, 0.6) is 5.75 Å². The highest BCUT2D eigenvalue weighted by Crippen LogP contribution is 2.23. The Balaban J connectivity index is 1.66. The van der Waals surface area contributed by atoms with Gasteiger partial charge in [0.1, 0.15) is 5.75 Å². The van der Waals surface area contributed by atoms with Crippen LogP contribution in [0.25, 0.3) is 10.9 Å². The Bertz CT molecular complexity index is 898. The molecular weight excluding hydrogens is 318 g/mol. The maximum Gasteiger partial charge on any atom is 0.344 e. The van der Waals surface area contributed by atoms with Gasteiger partial charge in [-0.05, 0) is 32.0 Å². The van der Waals surface area contributed by atoms with Gasteiger partial charge in [-0.2, -0.15) is 0 Å². The van der Waals surface area contributed by atoms with Crippen molar-refractivity contribution in [3.63, 3.8) is 0 Å². The van der Waals surface area contributed by atoms with E-state index in [4.69, 9.17) is 9.47 Å². The minimum atomic E-state index is -0.884. The molecule has 0 aliphatic heterocycles. The van der Waals surface area contributed by atoms with Crippen molar-refractivity contribution in [1.82, 2.24) is 4.98 Å². The smallest absolute Gasteiger partial charge is 0.344 e. The molecule has 0 unspecified atom stereocenters. The number of carbonyl (C=O) groups is 2. The summed E-state index contributed by atoms with van der Waals surface area (Å²) < 4.78 is 10.6. The molecule has 0 saturated carbocycles. The third-order valence-corrected chi connectivity index (χ3v) is 3.92. The van der Waals surface area contributed by atoms with Crippen molar-refractivity contribution in [2.24, 2.45) is 0 Å². The molecule has 3 aromatic rings. The molecule has 0 amide bonds. The molecule has 0 saturated heterocycles. The highest BCUT2D eigenvalue weighted by atomic mass is 16.6. The number of H-pyrrole nitrogens is 1. The first-order chi connectivity index (χ1) is 12.1. The Kier molecular flexibility index (Phi) is 4.84. The monoisotopic (exact) mass is 337 g/mol. The fourth-order valence-electron chi connectivity index (χ4n) is 2.74. The van der Waals surface area contributed by atoms with Crippen LogP contribution in [-0.4, -0.2) is 29.4 Å². The lowest BCUT2D eigenvalue weighted by atomic mass is 10.0. The molecule has 0 radical (unpaired) electrons. The molecule has 5 heteroatoms. The van der Waals surface area contributed by atoms with Gasteiger partial charge in [-0.3, -0.25) is 4.79 Å². The molecule has 0 bridgehead atoms. The van der Waals surface area contributed by atoms with Crippen molar-refractivity contribution in [1.29, 1.82) is 0 Å². The normalized spacial score (nSPS) is 11.9. The topological polar surface area (TPSA) is 68.4 Å². The average Bonchev–Trinajstić information content (AvgIpc) is 2.96. The fraction of sp³-hybridized carbons (Fsp3) is 0.200. The van der Waals surface area contributed by atoms with Crippen molar-refractivity contribution in [2.45, 2.75) is 20.0 Å². The Labute approximate surface area is 145 Å². The van der Waals surface area contributed by atoms with Crippen LogP contribution in [0.15, 0.2) is 54.6 Å². The largest absolute Gasteiger partial charge is 0.482 e. The number of aromatic nitrogens is 1. The maximum atomic E-state index is 12.7. The van der Waals surface area contributed by atoms with Crippen molar-refractivity contribution in [2.75, 3.05) is 6.61 Å². The molecule has 0 fully saturated rings. The summed E-state index contributed by atoms with van der Waals surface area (Å²) in [5.74, 6) is -0.240. The summed E-state index contributed by atoms with van der Waals surface area (Å²) in [7, 11) is 0. The zero-order chi connectivity index (χ0) is 17.8. The summed E-state index contributed by atoms with van der Waals surface area (Å²) in [5.41, 5.74) is 2.20. The molecule has 2 aromatic carbocycles. The number of rotatable bonds is 6. The standard InChI is InChI=1S/C20H19NO4/c1-13-19(16-10-6-7-11-17(16)21-13)20(23)14(2)25-18(22)12-24-15-8-4-3-5-9-15/h3-11,14,21H,12H2,1-2H3/t14-/m0/s1. The summed E-state index contributed by atoms with van der Waals surface area (Å²) in [4.78, 5) is 27.8. The molecule has 1 aromatic heterocycles. The first kappa shape index (κ1) is 16.8. The Morgan fingerprint density at radius 1 is 1.04 bits per heavy atom. The third-order valence-electron chi connectivity index (χ3n) is 3.92. The van der Waals surface area contributed by atoms with E-state index < -0.39 is 12.1 Å². The Hall–Kier alpha value is -3.08. The van der Waals surface area contributed by atoms with E-state index in [-0.39, 0.29) is 12.4 Å². The average molecular weight is 337 g/mol. The number of para-hydroxylation sites is 2. The number of nitrogens with one attached hydrogen (secondary N) is 1. The quantitative estimate of drug-likeness (QED) is 0.550. The summed E-state index contributed by atoms with van der Waals surface area (Å²) in [6.45, 7) is 3.17. The molecular formula is C20H19NO4. The van der Waals surface area contributed by atoms with Crippen LogP contribution in [-0.2, 0) is 9.53 Å². The first-order valence-corrected chi connectivity index (χ1v) is 8.05. The second kappa shape index (κ2) is 7.21. The maximum absolute atomic E-state index is 12.7. The zero-order valence-electron chi connectivity index (χ0n) is 14.1. The number of aryl methyl sites for hydroxylation is 1. The number of Topliss-reactive ketones (excluding diaryl/α,β-unsaturated/α-hetero) is 1. The van der Waals surface area contributed by atoms with Gasteiger partial charge in [-0.25, -0.2) is 4.79 Å². The number of hydrogen-bond donors (Lipinski definition) is 1. The van der Waals surface area contributed by atoms with Gasteiger partial charge in [0.2, 0.25) is 5.78 Å². The van der Waals surface area contributed by atoms with E-state index in [1.807, 2.05) is 49.4 Å². The van der Waals surface area contributed by atoms with Crippen molar-refractivity contribution < 1.29 is 19.1 Å².